The highest BCUT2D eigenvalue weighted by molar-refractivity contribution is 8.00. The van der Waals surface area contributed by atoms with Crippen molar-refractivity contribution in [2.75, 3.05) is 31.9 Å². The van der Waals surface area contributed by atoms with Crippen LogP contribution >= 0.6 is 11.8 Å². The van der Waals surface area contributed by atoms with Crippen LogP contribution in [0.15, 0.2) is 4.99 Å². The summed E-state index contributed by atoms with van der Waals surface area (Å²) in [5.74, 6) is 3.08. The number of guanidine groups is 1. The first-order valence-corrected chi connectivity index (χ1v) is 7.88. The van der Waals surface area contributed by atoms with Crippen LogP contribution in [0.25, 0.3) is 0 Å². The number of rotatable bonds is 4. The Balaban J connectivity index is 2.60. The van der Waals surface area contributed by atoms with Gasteiger partial charge in [0.2, 0.25) is 0 Å². The highest BCUT2D eigenvalue weighted by atomic mass is 32.2. The summed E-state index contributed by atoms with van der Waals surface area (Å²) in [6.07, 6.45) is 1.12. The molecule has 0 radical (unpaired) electrons. The van der Waals surface area contributed by atoms with Gasteiger partial charge in [0.15, 0.2) is 5.96 Å². The molecule has 3 nitrogen and oxygen atoms in total. The summed E-state index contributed by atoms with van der Waals surface area (Å²) in [4.78, 5) is 7.10. The molecule has 1 saturated heterocycles. The van der Waals surface area contributed by atoms with Gasteiger partial charge in [0.1, 0.15) is 0 Å². The molecule has 0 aliphatic carbocycles. The summed E-state index contributed by atoms with van der Waals surface area (Å²) in [5, 5.41) is 4.16. The number of nitrogens with zero attached hydrogens (tertiary/aromatic N) is 2. The average Bonchev–Trinajstić information content (AvgIpc) is 2.34. The van der Waals surface area contributed by atoms with Crippen LogP contribution < -0.4 is 5.32 Å². The third-order valence-electron chi connectivity index (χ3n) is 2.96. The van der Waals surface area contributed by atoms with E-state index in [1.165, 1.54) is 5.75 Å². The number of hydrogen-bond acceptors (Lipinski definition) is 2. The van der Waals surface area contributed by atoms with Gasteiger partial charge in [-0.1, -0.05) is 20.8 Å². The van der Waals surface area contributed by atoms with Crippen LogP contribution in [0.3, 0.4) is 0 Å². The van der Waals surface area contributed by atoms with Crippen molar-refractivity contribution in [3.8, 4) is 0 Å². The standard InChI is InChI=1S/C13H27N3S/c1-5-7-15-13(14-6-2)16-8-9-17-12(10-16)11(3)4/h11-12H,5-10H2,1-4H3,(H,14,15). The van der Waals surface area contributed by atoms with Crippen LogP contribution in [0.2, 0.25) is 0 Å². The molecule has 1 aliphatic heterocycles. The second kappa shape index (κ2) is 7.85. The Morgan fingerprint density at radius 3 is 2.82 bits per heavy atom. The minimum Gasteiger partial charge on any atom is -0.357 e. The van der Waals surface area contributed by atoms with Gasteiger partial charge in [0.25, 0.3) is 0 Å². The summed E-state index contributed by atoms with van der Waals surface area (Å²) in [6.45, 7) is 13.1. The summed E-state index contributed by atoms with van der Waals surface area (Å²) in [6, 6.07) is 0. The monoisotopic (exact) mass is 257 g/mol. The van der Waals surface area contributed by atoms with Gasteiger partial charge in [-0.25, -0.2) is 0 Å². The lowest BCUT2D eigenvalue weighted by Crippen LogP contribution is -2.49. The summed E-state index contributed by atoms with van der Waals surface area (Å²) >= 11 is 2.11. The number of aliphatic imine (C=N–C) groups is 1. The lowest BCUT2D eigenvalue weighted by atomic mass is 10.1. The minimum atomic E-state index is 0.745. The third-order valence-corrected chi connectivity index (χ3v) is 4.50. The van der Waals surface area contributed by atoms with E-state index < -0.39 is 0 Å². The van der Waals surface area contributed by atoms with E-state index in [1.54, 1.807) is 0 Å². The van der Waals surface area contributed by atoms with Gasteiger partial charge in [-0.3, -0.25) is 4.99 Å². The predicted molar refractivity (Wildman–Crippen MR) is 78.9 cm³/mol. The molecule has 17 heavy (non-hydrogen) atoms. The molecule has 100 valence electrons. The van der Waals surface area contributed by atoms with Gasteiger partial charge in [-0.05, 0) is 19.3 Å². The Morgan fingerprint density at radius 1 is 1.47 bits per heavy atom. The van der Waals surface area contributed by atoms with E-state index in [1.807, 2.05) is 0 Å². The average molecular weight is 257 g/mol. The van der Waals surface area contributed by atoms with Crippen molar-refractivity contribution in [1.29, 1.82) is 0 Å². The Kier molecular flexibility index (Phi) is 6.78. The zero-order valence-corrected chi connectivity index (χ0v) is 12.5. The first-order valence-electron chi connectivity index (χ1n) is 6.83. The molecule has 1 N–H and O–H groups in total. The Morgan fingerprint density at radius 2 is 2.24 bits per heavy atom. The molecule has 0 aromatic rings. The van der Waals surface area contributed by atoms with E-state index in [-0.39, 0.29) is 0 Å². The zero-order chi connectivity index (χ0) is 12.7. The van der Waals surface area contributed by atoms with Gasteiger partial charge < -0.3 is 10.2 Å². The number of hydrogen-bond donors (Lipinski definition) is 1. The van der Waals surface area contributed by atoms with Crippen molar-refractivity contribution < 1.29 is 0 Å². The van der Waals surface area contributed by atoms with Crippen molar-refractivity contribution in [2.45, 2.75) is 39.4 Å². The highest BCUT2D eigenvalue weighted by Gasteiger charge is 2.24. The van der Waals surface area contributed by atoms with Gasteiger partial charge in [-0.2, -0.15) is 11.8 Å². The molecule has 0 aromatic carbocycles. The molecular formula is C13H27N3S. The fourth-order valence-corrected chi connectivity index (χ4v) is 3.21. The minimum absolute atomic E-state index is 0.745. The number of nitrogens with one attached hydrogen (secondary N) is 1. The van der Waals surface area contributed by atoms with Gasteiger partial charge in [0.05, 0.1) is 0 Å². The highest BCUT2D eigenvalue weighted by Crippen LogP contribution is 2.24. The fourth-order valence-electron chi connectivity index (χ4n) is 1.91. The Bertz CT molecular complexity index is 241. The quantitative estimate of drug-likeness (QED) is 0.619. The molecule has 0 bridgehead atoms. The van der Waals surface area contributed by atoms with Crippen LogP contribution in [-0.2, 0) is 0 Å². The van der Waals surface area contributed by atoms with Crippen molar-refractivity contribution >= 4 is 17.7 Å². The zero-order valence-electron chi connectivity index (χ0n) is 11.7. The van der Waals surface area contributed by atoms with Crippen LogP contribution in [0.4, 0.5) is 0 Å². The summed E-state index contributed by atoms with van der Waals surface area (Å²) in [7, 11) is 0. The van der Waals surface area contributed by atoms with Crippen LogP contribution in [0.5, 0.6) is 0 Å². The molecule has 1 unspecified atom stereocenters. The molecule has 1 fully saturated rings. The molecule has 0 aromatic heterocycles. The van der Waals surface area contributed by atoms with Gasteiger partial charge >= 0.3 is 0 Å². The SMILES string of the molecule is CCCN=C(NCC)N1CCSC(C(C)C)C1. The molecule has 1 aliphatic rings. The molecule has 1 rings (SSSR count). The van der Waals surface area contributed by atoms with Gasteiger partial charge in [0, 0.05) is 37.2 Å². The molecule has 0 saturated carbocycles. The topological polar surface area (TPSA) is 27.6 Å². The Hall–Kier alpha value is -0.380. The van der Waals surface area contributed by atoms with Gasteiger partial charge in [-0.15, -0.1) is 0 Å². The molecule has 4 heteroatoms. The van der Waals surface area contributed by atoms with Crippen molar-refractivity contribution in [3.63, 3.8) is 0 Å². The lowest BCUT2D eigenvalue weighted by molar-refractivity contribution is 0.381. The summed E-state index contributed by atoms with van der Waals surface area (Å²) < 4.78 is 0. The van der Waals surface area contributed by atoms with Crippen molar-refractivity contribution in [2.24, 2.45) is 10.9 Å². The van der Waals surface area contributed by atoms with Crippen LogP contribution in [0, 0.1) is 5.92 Å². The third kappa shape index (κ3) is 4.78. The fraction of sp³-hybridized carbons (Fsp3) is 0.923. The largest absolute Gasteiger partial charge is 0.357 e. The normalized spacial score (nSPS) is 22.1. The predicted octanol–water partition coefficient (Wildman–Crippen LogP) is 2.44. The molecule has 0 spiro atoms. The second-order valence-corrected chi connectivity index (χ2v) is 6.18. The maximum absolute atomic E-state index is 4.67. The first kappa shape index (κ1) is 14.7. The van der Waals surface area contributed by atoms with E-state index in [0.717, 1.165) is 49.7 Å². The Labute approximate surface area is 110 Å². The summed E-state index contributed by atoms with van der Waals surface area (Å²) in [5.41, 5.74) is 0. The van der Waals surface area contributed by atoms with E-state index in [4.69, 9.17) is 0 Å². The van der Waals surface area contributed by atoms with E-state index in [2.05, 4.69) is 54.7 Å². The van der Waals surface area contributed by atoms with E-state index >= 15 is 0 Å². The maximum atomic E-state index is 4.67. The maximum Gasteiger partial charge on any atom is 0.193 e. The molecule has 1 atom stereocenters. The van der Waals surface area contributed by atoms with Crippen molar-refractivity contribution in [3.05, 3.63) is 0 Å². The lowest BCUT2D eigenvalue weighted by Gasteiger charge is -2.36. The first-order chi connectivity index (χ1) is 8.19. The molecule has 1 heterocycles. The van der Waals surface area contributed by atoms with Crippen LogP contribution in [0.1, 0.15) is 34.1 Å². The van der Waals surface area contributed by atoms with Crippen LogP contribution in [-0.4, -0.2) is 48.0 Å². The number of thioether (sulfide) groups is 1. The molecule has 0 amide bonds. The smallest absolute Gasteiger partial charge is 0.193 e. The molecular weight excluding hydrogens is 230 g/mol. The van der Waals surface area contributed by atoms with Crippen molar-refractivity contribution in [1.82, 2.24) is 10.2 Å². The van der Waals surface area contributed by atoms with E-state index in [0.29, 0.717) is 0 Å². The second-order valence-electron chi connectivity index (χ2n) is 4.83. The van der Waals surface area contributed by atoms with E-state index in [9.17, 15) is 0 Å².